The van der Waals surface area contributed by atoms with E-state index in [1.54, 1.807) is 0 Å². The minimum atomic E-state index is -0.611. The molecule has 4 N–H and O–H groups in total. The van der Waals surface area contributed by atoms with Crippen molar-refractivity contribution in [2.24, 2.45) is 4.99 Å². The Labute approximate surface area is 168 Å². The fraction of sp³-hybridized carbons (Fsp3) is 0.882. The van der Waals surface area contributed by atoms with Crippen LogP contribution >= 0.6 is 24.0 Å². The van der Waals surface area contributed by atoms with Crippen LogP contribution in [0.3, 0.4) is 0 Å². The molecule has 0 aromatic rings. The number of alkyl carbamates (subject to hydrolysis) is 1. The molecule has 0 atom stereocenters. The normalized spacial score (nSPS) is 17.0. The van der Waals surface area contributed by atoms with Gasteiger partial charge in [-0.1, -0.05) is 0 Å². The zero-order valence-electron chi connectivity index (χ0n) is 16.4. The van der Waals surface area contributed by atoms with E-state index in [9.17, 15) is 9.90 Å². The number of halogens is 1. The van der Waals surface area contributed by atoms with E-state index in [2.05, 4.69) is 20.9 Å². The third-order valence-corrected chi connectivity index (χ3v) is 3.69. The number of nitrogens with one attached hydrogen (secondary N) is 3. The molecule has 0 bridgehead atoms. The largest absolute Gasteiger partial charge is 0.444 e. The van der Waals surface area contributed by atoms with Gasteiger partial charge in [0.05, 0.1) is 17.7 Å². The highest BCUT2D eigenvalue weighted by Crippen LogP contribution is 2.30. The maximum Gasteiger partial charge on any atom is 0.408 e. The summed E-state index contributed by atoms with van der Waals surface area (Å²) in [4.78, 5) is 16.4. The van der Waals surface area contributed by atoms with Gasteiger partial charge in [-0.2, -0.15) is 0 Å². The van der Waals surface area contributed by atoms with Gasteiger partial charge in [-0.15, -0.1) is 24.0 Å². The summed E-state index contributed by atoms with van der Waals surface area (Å²) < 4.78 is 5.28. The Bertz CT molecular complexity index is 457. The number of hydrogen-bond acceptors (Lipinski definition) is 4. The van der Waals surface area contributed by atoms with E-state index in [-0.39, 0.29) is 24.0 Å². The maximum absolute atomic E-state index is 11.9. The predicted octanol–water partition coefficient (Wildman–Crippen LogP) is 2.38. The lowest BCUT2D eigenvalue weighted by Crippen LogP contribution is -2.52. The Morgan fingerprint density at radius 3 is 2.24 bits per heavy atom. The Morgan fingerprint density at radius 2 is 1.80 bits per heavy atom. The van der Waals surface area contributed by atoms with E-state index in [0.29, 0.717) is 19.0 Å². The topological polar surface area (TPSA) is 95.0 Å². The Morgan fingerprint density at radius 1 is 1.20 bits per heavy atom. The van der Waals surface area contributed by atoms with Gasteiger partial charge in [0.2, 0.25) is 0 Å². The summed E-state index contributed by atoms with van der Waals surface area (Å²) in [5.41, 5.74) is -1.68. The Kier molecular flexibility index (Phi) is 9.50. The number of nitrogens with zero attached hydrogens (tertiary/aromatic N) is 1. The van der Waals surface area contributed by atoms with Crippen LogP contribution in [0.15, 0.2) is 4.99 Å². The lowest BCUT2D eigenvalue weighted by Gasteiger charge is -2.37. The molecule has 7 nitrogen and oxygen atoms in total. The average molecular weight is 470 g/mol. The van der Waals surface area contributed by atoms with Crippen LogP contribution in [0.2, 0.25) is 0 Å². The first kappa shape index (κ1) is 24.2. The average Bonchev–Trinajstić information content (AvgIpc) is 2.37. The minimum absolute atomic E-state index is 0. The van der Waals surface area contributed by atoms with Crippen LogP contribution in [-0.2, 0) is 4.74 Å². The van der Waals surface area contributed by atoms with E-state index in [4.69, 9.17) is 4.74 Å². The lowest BCUT2D eigenvalue weighted by molar-refractivity contribution is -0.0279. The molecule has 0 unspecified atom stereocenters. The molecule has 0 heterocycles. The molecule has 0 aromatic heterocycles. The number of hydrogen-bond donors (Lipinski definition) is 4. The molecule has 8 heteroatoms. The molecule has 1 aliphatic carbocycles. The number of carbonyl (C=O) groups is 1. The van der Waals surface area contributed by atoms with E-state index >= 15 is 0 Å². The molecule has 1 amide bonds. The molecule has 1 rings (SSSR count). The molecule has 25 heavy (non-hydrogen) atoms. The Hall–Kier alpha value is -0.770. The van der Waals surface area contributed by atoms with Gasteiger partial charge >= 0.3 is 6.09 Å². The monoisotopic (exact) mass is 470 g/mol. The van der Waals surface area contributed by atoms with Gasteiger partial charge in [0.15, 0.2) is 5.96 Å². The highest BCUT2D eigenvalue weighted by molar-refractivity contribution is 14.0. The van der Waals surface area contributed by atoms with Gasteiger partial charge < -0.3 is 25.8 Å². The third kappa shape index (κ3) is 10.1. The highest BCUT2D eigenvalue weighted by atomic mass is 127. The summed E-state index contributed by atoms with van der Waals surface area (Å²) in [5, 5.41) is 19.3. The van der Waals surface area contributed by atoms with Crippen molar-refractivity contribution in [2.75, 3.05) is 19.6 Å². The second-order valence-electron chi connectivity index (χ2n) is 8.14. The molecule has 148 valence electrons. The fourth-order valence-corrected chi connectivity index (χ4v) is 2.25. The molecule has 0 saturated heterocycles. The molecule has 1 fully saturated rings. The van der Waals surface area contributed by atoms with Crippen molar-refractivity contribution in [3.8, 4) is 0 Å². The van der Waals surface area contributed by atoms with Gasteiger partial charge in [0.1, 0.15) is 5.60 Å². The Balaban J connectivity index is 0.00000576. The number of guanidine groups is 1. The predicted molar refractivity (Wildman–Crippen MR) is 112 cm³/mol. The van der Waals surface area contributed by atoms with Gasteiger partial charge in [-0.05, 0) is 60.8 Å². The number of carbonyl (C=O) groups excluding carboxylic acids is 1. The number of amides is 1. The molecule has 0 spiro atoms. The summed E-state index contributed by atoms with van der Waals surface area (Å²) in [5.74, 6) is 0.636. The van der Waals surface area contributed by atoms with Crippen molar-refractivity contribution in [1.29, 1.82) is 0 Å². The summed E-state index contributed by atoms with van der Waals surface area (Å²) in [6, 6.07) is 0. The van der Waals surface area contributed by atoms with E-state index in [1.165, 1.54) is 0 Å². The van der Waals surface area contributed by atoms with Gasteiger partial charge in [0, 0.05) is 13.1 Å². The van der Waals surface area contributed by atoms with E-state index in [1.807, 2.05) is 41.5 Å². The van der Waals surface area contributed by atoms with E-state index < -0.39 is 22.8 Å². The molecule has 1 saturated carbocycles. The highest BCUT2D eigenvalue weighted by Gasteiger charge is 2.34. The second kappa shape index (κ2) is 9.80. The van der Waals surface area contributed by atoms with Gasteiger partial charge in [0.25, 0.3) is 0 Å². The maximum atomic E-state index is 11.9. The molecule has 0 radical (unpaired) electrons. The summed E-state index contributed by atoms with van der Waals surface area (Å²) >= 11 is 0. The van der Waals surface area contributed by atoms with Crippen LogP contribution in [0, 0.1) is 0 Å². The van der Waals surface area contributed by atoms with Crippen LogP contribution < -0.4 is 16.0 Å². The SMILES string of the molecule is CCNC(=NCC(C)(C)NC(=O)OC(C)(C)C)NCC1(O)CCC1.I. The molecular formula is C17H35IN4O3. The number of aliphatic hydroxyl groups is 1. The molecule has 0 aliphatic heterocycles. The van der Waals surface area contributed by atoms with Crippen molar-refractivity contribution in [3.63, 3.8) is 0 Å². The van der Waals surface area contributed by atoms with Crippen LogP contribution in [-0.4, -0.2) is 53.5 Å². The minimum Gasteiger partial charge on any atom is -0.444 e. The zero-order valence-corrected chi connectivity index (χ0v) is 18.7. The first-order valence-corrected chi connectivity index (χ1v) is 8.70. The zero-order chi connectivity index (χ0) is 18.4. The van der Waals surface area contributed by atoms with Gasteiger partial charge in [-0.25, -0.2) is 4.79 Å². The standard InChI is InChI=1S/C17H34N4O3.HI/c1-7-18-13(20-12-17(23)9-8-10-17)19-11-16(5,6)21-14(22)24-15(2,3)4;/h23H,7-12H2,1-6H3,(H,21,22)(H2,18,19,20);1H. The molecule has 0 aromatic carbocycles. The molecule has 1 aliphatic rings. The summed E-state index contributed by atoms with van der Waals surface area (Å²) in [7, 11) is 0. The smallest absolute Gasteiger partial charge is 0.408 e. The number of aliphatic imine (C=N–C) groups is 1. The quantitative estimate of drug-likeness (QED) is 0.272. The van der Waals surface area contributed by atoms with Crippen molar-refractivity contribution >= 4 is 36.0 Å². The first-order chi connectivity index (χ1) is 10.9. The second-order valence-corrected chi connectivity index (χ2v) is 8.14. The fourth-order valence-electron chi connectivity index (χ4n) is 2.25. The van der Waals surface area contributed by atoms with Crippen molar-refractivity contribution in [1.82, 2.24) is 16.0 Å². The van der Waals surface area contributed by atoms with Crippen LogP contribution in [0.5, 0.6) is 0 Å². The molecular weight excluding hydrogens is 435 g/mol. The van der Waals surface area contributed by atoms with Crippen LogP contribution in [0.25, 0.3) is 0 Å². The van der Waals surface area contributed by atoms with Crippen LogP contribution in [0.4, 0.5) is 4.79 Å². The summed E-state index contributed by atoms with van der Waals surface area (Å²) in [6.07, 6.45) is 2.26. The third-order valence-electron chi connectivity index (χ3n) is 3.69. The summed E-state index contributed by atoms with van der Waals surface area (Å²) in [6.45, 7) is 12.9. The van der Waals surface area contributed by atoms with Gasteiger partial charge in [-0.3, -0.25) is 4.99 Å². The van der Waals surface area contributed by atoms with E-state index in [0.717, 1.165) is 25.8 Å². The van der Waals surface area contributed by atoms with Crippen molar-refractivity contribution in [3.05, 3.63) is 0 Å². The number of rotatable bonds is 6. The van der Waals surface area contributed by atoms with Crippen LogP contribution in [0.1, 0.15) is 60.8 Å². The van der Waals surface area contributed by atoms with Crippen molar-refractivity contribution in [2.45, 2.75) is 77.5 Å². The van der Waals surface area contributed by atoms with Crippen molar-refractivity contribution < 1.29 is 14.6 Å². The number of ether oxygens (including phenoxy) is 1. The lowest BCUT2D eigenvalue weighted by atomic mass is 9.80. The first-order valence-electron chi connectivity index (χ1n) is 8.70.